The van der Waals surface area contributed by atoms with Gasteiger partial charge in [-0.2, -0.15) is 0 Å². The van der Waals surface area contributed by atoms with Gasteiger partial charge >= 0.3 is 0 Å². The van der Waals surface area contributed by atoms with Crippen LogP contribution in [0.15, 0.2) is 42.5 Å². The molecular formula is C15H13NOS. The fourth-order valence-electron chi connectivity index (χ4n) is 2.00. The van der Waals surface area contributed by atoms with Crippen molar-refractivity contribution in [3.05, 3.63) is 58.6 Å². The van der Waals surface area contributed by atoms with E-state index in [0.717, 1.165) is 22.5 Å². The number of aromatic nitrogens is 1. The van der Waals surface area contributed by atoms with Crippen molar-refractivity contribution in [3.8, 4) is 5.75 Å². The van der Waals surface area contributed by atoms with Crippen molar-refractivity contribution in [2.45, 2.75) is 13.3 Å². The Labute approximate surface area is 110 Å². The molecule has 3 aromatic rings. The number of phenols is 1. The van der Waals surface area contributed by atoms with Gasteiger partial charge in [-0.15, -0.1) is 11.3 Å². The van der Waals surface area contributed by atoms with Crippen LogP contribution in [-0.2, 0) is 6.42 Å². The van der Waals surface area contributed by atoms with Crippen LogP contribution in [0.4, 0.5) is 0 Å². The van der Waals surface area contributed by atoms with Crippen LogP contribution in [0.5, 0.6) is 5.75 Å². The maximum atomic E-state index is 9.45. The van der Waals surface area contributed by atoms with Gasteiger partial charge in [-0.1, -0.05) is 18.2 Å². The van der Waals surface area contributed by atoms with Gasteiger partial charge < -0.3 is 5.11 Å². The summed E-state index contributed by atoms with van der Waals surface area (Å²) in [6, 6.07) is 13.7. The molecule has 1 aromatic heterocycles. The first-order valence-corrected chi connectivity index (χ1v) is 6.66. The third-order valence-corrected chi connectivity index (χ3v) is 3.87. The summed E-state index contributed by atoms with van der Waals surface area (Å²) in [5.41, 5.74) is 3.40. The molecule has 3 rings (SSSR count). The van der Waals surface area contributed by atoms with E-state index >= 15 is 0 Å². The topological polar surface area (TPSA) is 33.1 Å². The average molecular weight is 255 g/mol. The SMILES string of the molecule is Cc1ccc2nc(Cc3cccc(O)c3)sc2c1. The first kappa shape index (κ1) is 11.2. The lowest BCUT2D eigenvalue weighted by Gasteiger charge is -1.98. The Hall–Kier alpha value is -1.87. The Bertz CT molecular complexity index is 703. The van der Waals surface area contributed by atoms with Gasteiger partial charge in [0.05, 0.1) is 15.2 Å². The molecule has 0 aliphatic heterocycles. The summed E-state index contributed by atoms with van der Waals surface area (Å²) < 4.78 is 1.23. The first-order valence-electron chi connectivity index (χ1n) is 5.85. The summed E-state index contributed by atoms with van der Waals surface area (Å²) in [6.45, 7) is 2.09. The highest BCUT2D eigenvalue weighted by atomic mass is 32.1. The Balaban J connectivity index is 1.95. The number of aromatic hydroxyl groups is 1. The highest BCUT2D eigenvalue weighted by Crippen LogP contribution is 2.25. The predicted molar refractivity (Wildman–Crippen MR) is 75.3 cm³/mol. The first-order chi connectivity index (χ1) is 8.70. The quantitative estimate of drug-likeness (QED) is 0.753. The van der Waals surface area contributed by atoms with Gasteiger partial charge in [-0.25, -0.2) is 4.98 Å². The number of thiazole rings is 1. The highest BCUT2D eigenvalue weighted by molar-refractivity contribution is 7.18. The van der Waals surface area contributed by atoms with Crippen molar-refractivity contribution in [3.63, 3.8) is 0 Å². The molecule has 0 radical (unpaired) electrons. The monoisotopic (exact) mass is 255 g/mol. The van der Waals surface area contributed by atoms with Gasteiger partial charge in [0, 0.05) is 6.42 Å². The van der Waals surface area contributed by atoms with Crippen molar-refractivity contribution < 1.29 is 5.11 Å². The summed E-state index contributed by atoms with van der Waals surface area (Å²) in [4.78, 5) is 4.62. The van der Waals surface area contributed by atoms with E-state index in [2.05, 4.69) is 30.1 Å². The number of benzene rings is 2. The molecule has 0 unspecified atom stereocenters. The van der Waals surface area contributed by atoms with E-state index in [9.17, 15) is 5.11 Å². The third-order valence-electron chi connectivity index (χ3n) is 2.85. The second kappa shape index (κ2) is 4.42. The van der Waals surface area contributed by atoms with Gasteiger partial charge in [0.25, 0.3) is 0 Å². The molecule has 18 heavy (non-hydrogen) atoms. The van der Waals surface area contributed by atoms with E-state index < -0.39 is 0 Å². The largest absolute Gasteiger partial charge is 0.508 e. The van der Waals surface area contributed by atoms with Gasteiger partial charge in [0.2, 0.25) is 0 Å². The minimum absolute atomic E-state index is 0.310. The smallest absolute Gasteiger partial charge is 0.115 e. The van der Waals surface area contributed by atoms with Crippen molar-refractivity contribution in [1.82, 2.24) is 4.98 Å². The third kappa shape index (κ3) is 2.22. The predicted octanol–water partition coefficient (Wildman–Crippen LogP) is 3.90. The molecule has 0 saturated heterocycles. The normalized spacial score (nSPS) is 10.9. The highest BCUT2D eigenvalue weighted by Gasteiger charge is 2.05. The Morgan fingerprint density at radius 3 is 2.89 bits per heavy atom. The summed E-state index contributed by atoms with van der Waals surface area (Å²) >= 11 is 1.72. The summed E-state index contributed by atoms with van der Waals surface area (Å²) in [5.74, 6) is 0.310. The number of aryl methyl sites for hydroxylation is 1. The second-order valence-electron chi connectivity index (χ2n) is 4.43. The van der Waals surface area contributed by atoms with E-state index in [1.807, 2.05) is 12.1 Å². The number of hydrogen-bond acceptors (Lipinski definition) is 3. The zero-order valence-corrected chi connectivity index (χ0v) is 10.9. The number of hydrogen-bond donors (Lipinski definition) is 1. The van der Waals surface area contributed by atoms with Crippen LogP contribution in [0.2, 0.25) is 0 Å². The lowest BCUT2D eigenvalue weighted by molar-refractivity contribution is 0.474. The van der Waals surface area contributed by atoms with Crippen LogP contribution < -0.4 is 0 Å². The van der Waals surface area contributed by atoms with Crippen molar-refractivity contribution in [1.29, 1.82) is 0 Å². The summed E-state index contributed by atoms with van der Waals surface area (Å²) in [5, 5.41) is 10.5. The van der Waals surface area contributed by atoms with Crippen molar-refractivity contribution in [2.24, 2.45) is 0 Å². The van der Waals surface area contributed by atoms with Crippen LogP contribution in [0.25, 0.3) is 10.2 Å². The molecule has 0 atom stereocenters. The number of rotatable bonds is 2. The van der Waals surface area contributed by atoms with E-state index in [1.165, 1.54) is 10.3 Å². The molecule has 0 bridgehead atoms. The molecule has 2 aromatic carbocycles. The number of phenolic OH excluding ortho intramolecular Hbond substituents is 1. The van der Waals surface area contributed by atoms with Crippen LogP contribution in [0.1, 0.15) is 16.1 Å². The lowest BCUT2D eigenvalue weighted by Crippen LogP contribution is -1.85. The molecular weight excluding hydrogens is 242 g/mol. The Morgan fingerprint density at radius 2 is 2.06 bits per heavy atom. The van der Waals surface area contributed by atoms with Crippen molar-refractivity contribution >= 4 is 21.6 Å². The standard InChI is InChI=1S/C15H13NOS/c1-10-5-6-13-14(7-10)18-15(16-13)9-11-3-2-4-12(17)8-11/h2-8,17H,9H2,1H3. The lowest BCUT2D eigenvalue weighted by atomic mass is 10.1. The zero-order chi connectivity index (χ0) is 12.5. The fraction of sp³-hybridized carbons (Fsp3) is 0.133. The van der Waals surface area contributed by atoms with Gasteiger partial charge in [-0.3, -0.25) is 0 Å². The Kier molecular flexibility index (Phi) is 2.76. The van der Waals surface area contributed by atoms with Crippen LogP contribution in [0, 0.1) is 6.92 Å². The molecule has 0 aliphatic carbocycles. The van der Waals surface area contributed by atoms with Crippen molar-refractivity contribution in [2.75, 3.05) is 0 Å². The molecule has 3 heteroatoms. The van der Waals surface area contributed by atoms with Gasteiger partial charge in [-0.05, 0) is 42.3 Å². The van der Waals surface area contributed by atoms with E-state index in [-0.39, 0.29) is 0 Å². The zero-order valence-electron chi connectivity index (χ0n) is 10.1. The molecule has 2 nitrogen and oxygen atoms in total. The molecule has 0 fully saturated rings. The van der Waals surface area contributed by atoms with E-state index in [4.69, 9.17) is 0 Å². The minimum atomic E-state index is 0.310. The molecule has 0 spiro atoms. The average Bonchev–Trinajstić information content (AvgIpc) is 2.70. The van der Waals surface area contributed by atoms with Crippen LogP contribution in [-0.4, -0.2) is 10.1 Å². The summed E-state index contributed by atoms with van der Waals surface area (Å²) in [6.07, 6.45) is 0.771. The maximum absolute atomic E-state index is 9.45. The molecule has 0 saturated carbocycles. The van der Waals surface area contributed by atoms with E-state index in [1.54, 1.807) is 23.5 Å². The van der Waals surface area contributed by atoms with Crippen LogP contribution in [0.3, 0.4) is 0 Å². The minimum Gasteiger partial charge on any atom is -0.508 e. The van der Waals surface area contributed by atoms with Crippen LogP contribution >= 0.6 is 11.3 Å². The molecule has 1 heterocycles. The molecule has 0 aliphatic rings. The molecule has 0 amide bonds. The van der Waals surface area contributed by atoms with E-state index in [0.29, 0.717) is 5.75 Å². The number of fused-ring (bicyclic) bond motifs is 1. The fourth-order valence-corrected chi connectivity index (χ4v) is 3.10. The number of nitrogens with zero attached hydrogens (tertiary/aromatic N) is 1. The maximum Gasteiger partial charge on any atom is 0.115 e. The van der Waals surface area contributed by atoms with Gasteiger partial charge in [0.15, 0.2) is 0 Å². The summed E-state index contributed by atoms with van der Waals surface area (Å²) in [7, 11) is 0. The molecule has 1 N–H and O–H groups in total. The Morgan fingerprint density at radius 1 is 1.17 bits per heavy atom. The second-order valence-corrected chi connectivity index (χ2v) is 5.54. The van der Waals surface area contributed by atoms with Gasteiger partial charge in [0.1, 0.15) is 5.75 Å². The molecule has 90 valence electrons.